The van der Waals surface area contributed by atoms with E-state index in [-0.39, 0.29) is 11.7 Å². The van der Waals surface area contributed by atoms with Gasteiger partial charge in [0.25, 0.3) is 5.69 Å². The third-order valence-electron chi connectivity index (χ3n) is 4.21. The number of anilines is 1. The number of H-pyrrole nitrogens is 1. The lowest BCUT2D eigenvalue weighted by Gasteiger charge is -2.23. The maximum absolute atomic E-state index is 10.8. The molecule has 4 rings (SSSR count). The van der Waals surface area contributed by atoms with Crippen LogP contribution in [0.15, 0.2) is 42.6 Å². The van der Waals surface area contributed by atoms with Crippen LogP contribution in [0.25, 0.3) is 11.0 Å². The first-order chi connectivity index (χ1) is 11.2. The number of aromatic nitrogens is 3. The molecule has 1 saturated heterocycles. The second kappa shape index (κ2) is 5.35. The van der Waals surface area contributed by atoms with Gasteiger partial charge in [0, 0.05) is 12.6 Å². The Balaban J connectivity index is 1.66. The van der Waals surface area contributed by atoms with E-state index >= 15 is 0 Å². The monoisotopic (exact) mass is 309 g/mol. The van der Waals surface area contributed by atoms with Gasteiger partial charge in [-0.3, -0.25) is 10.1 Å². The molecule has 2 aromatic heterocycles. The lowest BCUT2D eigenvalue weighted by molar-refractivity contribution is -0.385. The average Bonchev–Trinajstić information content (AvgIpc) is 3.21. The Kier molecular flexibility index (Phi) is 3.18. The van der Waals surface area contributed by atoms with Crippen molar-refractivity contribution < 1.29 is 4.92 Å². The number of fused-ring (bicyclic) bond motifs is 1. The maximum Gasteiger partial charge on any atom is 0.287 e. The molecule has 1 aromatic carbocycles. The Morgan fingerprint density at radius 3 is 2.87 bits per heavy atom. The van der Waals surface area contributed by atoms with E-state index in [0.717, 1.165) is 42.1 Å². The van der Waals surface area contributed by atoms with Crippen molar-refractivity contribution in [3.8, 4) is 0 Å². The lowest BCUT2D eigenvalue weighted by atomic mass is 10.2. The summed E-state index contributed by atoms with van der Waals surface area (Å²) in [5.41, 5.74) is 1.98. The van der Waals surface area contributed by atoms with Crippen LogP contribution in [0.1, 0.15) is 24.7 Å². The molecule has 23 heavy (non-hydrogen) atoms. The van der Waals surface area contributed by atoms with Crippen LogP contribution < -0.4 is 4.90 Å². The number of hydrogen-bond acceptors (Lipinski definition) is 5. The molecule has 7 heteroatoms. The van der Waals surface area contributed by atoms with Crippen LogP contribution in [0.3, 0.4) is 0 Å². The number of para-hydroxylation sites is 2. The number of nitrogens with one attached hydrogen (secondary N) is 1. The van der Waals surface area contributed by atoms with Crippen LogP contribution in [-0.2, 0) is 0 Å². The van der Waals surface area contributed by atoms with Crippen molar-refractivity contribution in [1.82, 2.24) is 15.0 Å². The van der Waals surface area contributed by atoms with Gasteiger partial charge < -0.3 is 9.88 Å². The van der Waals surface area contributed by atoms with Crippen LogP contribution >= 0.6 is 0 Å². The Labute approximate surface area is 132 Å². The zero-order valence-corrected chi connectivity index (χ0v) is 12.3. The van der Waals surface area contributed by atoms with Gasteiger partial charge in [-0.2, -0.15) is 0 Å². The van der Waals surface area contributed by atoms with Gasteiger partial charge in [-0.25, -0.2) is 9.97 Å². The number of nitro groups is 1. The predicted molar refractivity (Wildman–Crippen MR) is 86.3 cm³/mol. The van der Waals surface area contributed by atoms with Crippen molar-refractivity contribution >= 4 is 22.5 Å². The summed E-state index contributed by atoms with van der Waals surface area (Å²) in [5, 5.41) is 10.8. The normalized spacial score (nSPS) is 17.7. The van der Waals surface area contributed by atoms with E-state index in [9.17, 15) is 10.1 Å². The van der Waals surface area contributed by atoms with Crippen LogP contribution in [0.2, 0.25) is 0 Å². The molecule has 1 atom stereocenters. The Morgan fingerprint density at radius 2 is 2.13 bits per heavy atom. The van der Waals surface area contributed by atoms with E-state index in [2.05, 4.69) is 19.9 Å². The highest BCUT2D eigenvalue weighted by Gasteiger charge is 2.29. The fourth-order valence-electron chi connectivity index (χ4n) is 3.11. The molecule has 0 amide bonds. The zero-order valence-electron chi connectivity index (χ0n) is 12.3. The largest absolute Gasteiger partial charge is 0.346 e. The van der Waals surface area contributed by atoms with Gasteiger partial charge in [-0.15, -0.1) is 0 Å². The van der Waals surface area contributed by atoms with Crippen LogP contribution in [0.5, 0.6) is 0 Å². The van der Waals surface area contributed by atoms with Crippen molar-refractivity contribution in [1.29, 1.82) is 0 Å². The molecule has 3 aromatic rings. The minimum atomic E-state index is -0.433. The summed E-state index contributed by atoms with van der Waals surface area (Å²) in [5.74, 6) is 1.67. The van der Waals surface area contributed by atoms with E-state index < -0.39 is 4.92 Å². The van der Waals surface area contributed by atoms with Crippen molar-refractivity contribution in [2.45, 2.75) is 18.9 Å². The van der Waals surface area contributed by atoms with Gasteiger partial charge in [0.05, 0.1) is 22.0 Å². The highest BCUT2D eigenvalue weighted by atomic mass is 16.6. The summed E-state index contributed by atoms with van der Waals surface area (Å²) < 4.78 is 0. The smallest absolute Gasteiger partial charge is 0.287 e. The SMILES string of the molecule is O=[N+]([O-])c1ccc(N2CCC[C@@H]2c2nc3ccccc3[nH]2)nc1. The van der Waals surface area contributed by atoms with Gasteiger partial charge in [0.1, 0.15) is 17.8 Å². The van der Waals surface area contributed by atoms with Crippen LogP contribution in [0.4, 0.5) is 11.5 Å². The molecule has 1 aliphatic heterocycles. The highest BCUT2D eigenvalue weighted by Crippen LogP contribution is 2.34. The Morgan fingerprint density at radius 1 is 1.26 bits per heavy atom. The third-order valence-corrected chi connectivity index (χ3v) is 4.21. The molecule has 7 nitrogen and oxygen atoms in total. The topological polar surface area (TPSA) is 88.0 Å². The molecule has 0 radical (unpaired) electrons. The number of nitrogens with zero attached hydrogens (tertiary/aromatic N) is 4. The number of hydrogen-bond donors (Lipinski definition) is 1. The summed E-state index contributed by atoms with van der Waals surface area (Å²) in [7, 11) is 0. The Bertz CT molecular complexity index is 825. The molecule has 1 aliphatic rings. The molecule has 1 fully saturated rings. The molecule has 0 bridgehead atoms. The van der Waals surface area contributed by atoms with Crippen LogP contribution in [-0.4, -0.2) is 26.4 Å². The van der Waals surface area contributed by atoms with E-state index in [0.29, 0.717) is 0 Å². The van der Waals surface area contributed by atoms with E-state index in [1.54, 1.807) is 6.07 Å². The molecule has 3 heterocycles. The van der Waals surface area contributed by atoms with Crippen molar-refractivity contribution in [2.24, 2.45) is 0 Å². The molecule has 0 unspecified atom stereocenters. The molecular formula is C16H15N5O2. The van der Waals surface area contributed by atoms with Gasteiger partial charge in [-0.1, -0.05) is 12.1 Å². The molecule has 0 spiro atoms. The summed E-state index contributed by atoms with van der Waals surface area (Å²) in [6.07, 6.45) is 3.34. The summed E-state index contributed by atoms with van der Waals surface area (Å²) in [4.78, 5) is 24.8. The van der Waals surface area contributed by atoms with Gasteiger partial charge in [-0.05, 0) is 31.0 Å². The number of imidazole rings is 1. The van der Waals surface area contributed by atoms with Gasteiger partial charge in [0.15, 0.2) is 0 Å². The standard InChI is InChI=1S/C16H15N5O2/c22-21(23)11-7-8-15(17-10-11)20-9-3-6-14(20)16-18-12-4-1-2-5-13(12)19-16/h1-2,4-5,7-8,10,14H,3,6,9H2,(H,18,19)/t14-/m1/s1. The summed E-state index contributed by atoms with van der Waals surface area (Å²) >= 11 is 0. The van der Waals surface area contributed by atoms with Crippen molar-refractivity contribution in [3.05, 3.63) is 58.5 Å². The molecular weight excluding hydrogens is 294 g/mol. The predicted octanol–water partition coefficient (Wildman–Crippen LogP) is 3.21. The van der Waals surface area contributed by atoms with Gasteiger partial charge >= 0.3 is 0 Å². The summed E-state index contributed by atoms with van der Waals surface area (Å²) in [6.45, 7) is 0.868. The van der Waals surface area contributed by atoms with E-state index in [1.165, 1.54) is 12.3 Å². The third kappa shape index (κ3) is 2.40. The number of rotatable bonds is 3. The first kappa shape index (κ1) is 13.7. The van der Waals surface area contributed by atoms with E-state index in [1.807, 2.05) is 24.3 Å². The van der Waals surface area contributed by atoms with E-state index in [4.69, 9.17) is 0 Å². The first-order valence-electron chi connectivity index (χ1n) is 7.54. The fraction of sp³-hybridized carbons (Fsp3) is 0.250. The molecule has 0 aliphatic carbocycles. The molecule has 1 N–H and O–H groups in total. The van der Waals surface area contributed by atoms with Crippen molar-refractivity contribution in [2.75, 3.05) is 11.4 Å². The van der Waals surface area contributed by atoms with Gasteiger partial charge in [0.2, 0.25) is 0 Å². The minimum Gasteiger partial charge on any atom is -0.346 e. The molecule has 0 saturated carbocycles. The Hall–Kier alpha value is -2.96. The maximum atomic E-state index is 10.8. The number of pyridine rings is 1. The minimum absolute atomic E-state index is 0.00762. The summed E-state index contributed by atoms with van der Waals surface area (Å²) in [6, 6.07) is 11.3. The highest BCUT2D eigenvalue weighted by molar-refractivity contribution is 5.75. The second-order valence-corrected chi connectivity index (χ2v) is 5.62. The molecule has 116 valence electrons. The fourth-order valence-corrected chi connectivity index (χ4v) is 3.11. The second-order valence-electron chi connectivity index (χ2n) is 5.62. The first-order valence-corrected chi connectivity index (χ1v) is 7.54. The number of benzene rings is 1. The van der Waals surface area contributed by atoms with Crippen LogP contribution in [0, 0.1) is 10.1 Å². The average molecular weight is 309 g/mol. The van der Waals surface area contributed by atoms with Crippen molar-refractivity contribution in [3.63, 3.8) is 0 Å². The zero-order chi connectivity index (χ0) is 15.8. The number of aromatic amines is 1. The lowest BCUT2D eigenvalue weighted by Crippen LogP contribution is -2.24. The quantitative estimate of drug-likeness (QED) is 0.593.